The standard InChI is InChI=1S/C15H20F2N2O/c1-14(2,3)12-10-11(4-7-18-12)13(20)19-8-5-15(16,17)6-9-19/h4,7,10H,5-6,8-9H2,1-3H3. The Morgan fingerprint density at radius 1 is 1.30 bits per heavy atom. The van der Waals surface area contributed by atoms with Gasteiger partial charge in [0.2, 0.25) is 0 Å². The number of pyridine rings is 1. The second-order valence-electron chi connectivity index (χ2n) is 6.33. The minimum Gasteiger partial charge on any atom is -0.338 e. The fourth-order valence-corrected chi connectivity index (χ4v) is 2.19. The molecule has 1 fully saturated rings. The molecule has 5 heteroatoms. The highest BCUT2D eigenvalue weighted by Gasteiger charge is 2.35. The number of aromatic nitrogens is 1. The highest BCUT2D eigenvalue weighted by atomic mass is 19.3. The van der Waals surface area contributed by atoms with E-state index in [0.717, 1.165) is 5.69 Å². The lowest BCUT2D eigenvalue weighted by Crippen LogP contribution is -2.42. The Morgan fingerprint density at radius 3 is 2.45 bits per heavy atom. The summed E-state index contributed by atoms with van der Waals surface area (Å²) in [6.07, 6.45) is 1.10. The van der Waals surface area contributed by atoms with Crippen LogP contribution in [-0.2, 0) is 5.41 Å². The Balaban J connectivity index is 2.14. The fourth-order valence-electron chi connectivity index (χ4n) is 2.19. The van der Waals surface area contributed by atoms with Crippen LogP contribution >= 0.6 is 0 Å². The number of alkyl halides is 2. The topological polar surface area (TPSA) is 33.2 Å². The predicted molar refractivity (Wildman–Crippen MR) is 73.0 cm³/mol. The first kappa shape index (κ1) is 14.9. The van der Waals surface area contributed by atoms with E-state index in [1.54, 1.807) is 18.3 Å². The van der Waals surface area contributed by atoms with Crippen LogP contribution in [0.1, 0.15) is 49.7 Å². The molecule has 3 nitrogen and oxygen atoms in total. The molecule has 1 amide bonds. The van der Waals surface area contributed by atoms with Crippen molar-refractivity contribution in [2.24, 2.45) is 0 Å². The third-order valence-electron chi connectivity index (χ3n) is 3.56. The van der Waals surface area contributed by atoms with Gasteiger partial charge in [-0.05, 0) is 12.1 Å². The minimum absolute atomic E-state index is 0.110. The third-order valence-corrected chi connectivity index (χ3v) is 3.56. The lowest BCUT2D eigenvalue weighted by molar-refractivity contribution is -0.0494. The molecule has 20 heavy (non-hydrogen) atoms. The van der Waals surface area contributed by atoms with E-state index in [1.165, 1.54) is 4.90 Å². The van der Waals surface area contributed by atoms with Gasteiger partial charge in [-0.15, -0.1) is 0 Å². The summed E-state index contributed by atoms with van der Waals surface area (Å²) in [4.78, 5) is 18.1. The number of amides is 1. The molecule has 1 saturated heterocycles. The van der Waals surface area contributed by atoms with Gasteiger partial charge in [-0.3, -0.25) is 9.78 Å². The Hall–Kier alpha value is -1.52. The molecular formula is C15H20F2N2O. The monoisotopic (exact) mass is 282 g/mol. The number of rotatable bonds is 1. The molecule has 0 radical (unpaired) electrons. The van der Waals surface area contributed by atoms with Crippen molar-refractivity contribution in [2.45, 2.75) is 45.0 Å². The quantitative estimate of drug-likeness (QED) is 0.792. The molecule has 1 aliphatic heterocycles. The molecule has 0 spiro atoms. The summed E-state index contributed by atoms with van der Waals surface area (Å²) in [6, 6.07) is 3.40. The Morgan fingerprint density at radius 2 is 1.90 bits per heavy atom. The van der Waals surface area contributed by atoms with Gasteiger partial charge >= 0.3 is 0 Å². The van der Waals surface area contributed by atoms with Crippen LogP contribution in [0.2, 0.25) is 0 Å². The summed E-state index contributed by atoms with van der Waals surface area (Å²) in [7, 11) is 0. The van der Waals surface area contributed by atoms with Gasteiger partial charge in [-0.25, -0.2) is 8.78 Å². The third kappa shape index (κ3) is 3.32. The van der Waals surface area contributed by atoms with Crippen molar-refractivity contribution in [1.29, 1.82) is 0 Å². The van der Waals surface area contributed by atoms with Crippen LogP contribution in [-0.4, -0.2) is 34.8 Å². The summed E-state index contributed by atoms with van der Waals surface area (Å²) < 4.78 is 26.2. The van der Waals surface area contributed by atoms with Crippen LogP contribution in [0, 0.1) is 0 Å². The molecule has 0 saturated carbocycles. The second-order valence-corrected chi connectivity index (χ2v) is 6.33. The van der Waals surface area contributed by atoms with Crippen LogP contribution in [0.5, 0.6) is 0 Å². The molecule has 110 valence electrons. The van der Waals surface area contributed by atoms with Crippen LogP contribution in [0.25, 0.3) is 0 Å². The van der Waals surface area contributed by atoms with Crippen molar-refractivity contribution in [3.63, 3.8) is 0 Å². The summed E-state index contributed by atoms with van der Waals surface area (Å²) in [6.45, 7) is 6.28. The lowest BCUT2D eigenvalue weighted by atomic mass is 9.90. The number of piperidine rings is 1. The molecule has 1 aromatic heterocycles. The van der Waals surface area contributed by atoms with E-state index in [9.17, 15) is 13.6 Å². The minimum atomic E-state index is -2.63. The molecule has 0 bridgehead atoms. The van der Waals surface area contributed by atoms with Gasteiger partial charge in [0.1, 0.15) is 0 Å². The SMILES string of the molecule is CC(C)(C)c1cc(C(=O)N2CCC(F)(F)CC2)ccn1. The lowest BCUT2D eigenvalue weighted by Gasteiger charge is -2.32. The van der Waals surface area contributed by atoms with E-state index in [2.05, 4.69) is 4.98 Å². The molecule has 0 unspecified atom stereocenters. The molecule has 1 aliphatic rings. The van der Waals surface area contributed by atoms with E-state index in [4.69, 9.17) is 0 Å². The number of hydrogen-bond acceptors (Lipinski definition) is 2. The zero-order chi connectivity index (χ0) is 15.0. The molecular weight excluding hydrogens is 262 g/mol. The van der Waals surface area contributed by atoms with Crippen LogP contribution in [0.15, 0.2) is 18.3 Å². The first-order valence-electron chi connectivity index (χ1n) is 6.83. The number of nitrogens with zero attached hydrogens (tertiary/aromatic N) is 2. The van der Waals surface area contributed by atoms with Crippen LogP contribution < -0.4 is 0 Å². The molecule has 0 atom stereocenters. The maximum Gasteiger partial charge on any atom is 0.253 e. The Kier molecular flexibility index (Phi) is 3.80. The zero-order valence-corrected chi connectivity index (χ0v) is 12.1. The summed E-state index contributed by atoms with van der Waals surface area (Å²) in [5.74, 6) is -2.82. The van der Waals surface area contributed by atoms with Crippen molar-refractivity contribution in [2.75, 3.05) is 13.1 Å². The number of likely N-dealkylation sites (tertiary alicyclic amines) is 1. The van der Waals surface area contributed by atoms with E-state index < -0.39 is 5.92 Å². The summed E-state index contributed by atoms with van der Waals surface area (Å²) in [5, 5.41) is 0. The first-order valence-corrected chi connectivity index (χ1v) is 6.83. The smallest absolute Gasteiger partial charge is 0.253 e. The molecule has 0 N–H and O–H groups in total. The van der Waals surface area contributed by atoms with Crippen molar-refractivity contribution < 1.29 is 13.6 Å². The number of carbonyl (C=O) groups is 1. The van der Waals surface area contributed by atoms with Crippen molar-refractivity contribution >= 4 is 5.91 Å². The van der Waals surface area contributed by atoms with E-state index in [0.29, 0.717) is 5.56 Å². The Bertz CT molecular complexity index is 499. The van der Waals surface area contributed by atoms with Gasteiger partial charge < -0.3 is 4.90 Å². The molecule has 2 heterocycles. The van der Waals surface area contributed by atoms with Crippen molar-refractivity contribution in [3.05, 3.63) is 29.6 Å². The second kappa shape index (κ2) is 5.11. The normalized spacial score (nSPS) is 18.9. The van der Waals surface area contributed by atoms with Crippen molar-refractivity contribution in [3.8, 4) is 0 Å². The number of halogens is 2. The van der Waals surface area contributed by atoms with Gasteiger partial charge in [0.15, 0.2) is 0 Å². The predicted octanol–water partition coefficient (Wildman–Crippen LogP) is 3.25. The number of carbonyl (C=O) groups excluding carboxylic acids is 1. The zero-order valence-electron chi connectivity index (χ0n) is 12.1. The van der Waals surface area contributed by atoms with Crippen LogP contribution in [0.3, 0.4) is 0 Å². The largest absolute Gasteiger partial charge is 0.338 e. The van der Waals surface area contributed by atoms with Gasteiger partial charge in [0.05, 0.1) is 0 Å². The maximum atomic E-state index is 13.1. The van der Waals surface area contributed by atoms with Gasteiger partial charge in [0.25, 0.3) is 11.8 Å². The highest BCUT2D eigenvalue weighted by molar-refractivity contribution is 5.94. The van der Waals surface area contributed by atoms with E-state index >= 15 is 0 Å². The molecule has 0 aromatic carbocycles. The molecule has 2 rings (SSSR count). The average molecular weight is 282 g/mol. The number of hydrogen-bond donors (Lipinski definition) is 0. The molecule has 1 aromatic rings. The fraction of sp³-hybridized carbons (Fsp3) is 0.600. The van der Waals surface area contributed by atoms with Gasteiger partial charge in [0, 0.05) is 48.8 Å². The van der Waals surface area contributed by atoms with Gasteiger partial charge in [-0.1, -0.05) is 20.8 Å². The molecule has 0 aliphatic carbocycles. The van der Waals surface area contributed by atoms with E-state index in [-0.39, 0.29) is 37.3 Å². The van der Waals surface area contributed by atoms with Crippen LogP contribution in [0.4, 0.5) is 8.78 Å². The summed E-state index contributed by atoms with van der Waals surface area (Å²) >= 11 is 0. The maximum absolute atomic E-state index is 13.1. The average Bonchev–Trinajstić information content (AvgIpc) is 2.37. The highest BCUT2D eigenvalue weighted by Crippen LogP contribution is 2.28. The Labute approximate surface area is 118 Å². The van der Waals surface area contributed by atoms with Crippen molar-refractivity contribution in [1.82, 2.24) is 9.88 Å². The van der Waals surface area contributed by atoms with Gasteiger partial charge in [-0.2, -0.15) is 0 Å². The van der Waals surface area contributed by atoms with E-state index in [1.807, 2.05) is 20.8 Å². The first-order chi connectivity index (χ1) is 9.19. The summed E-state index contributed by atoms with van der Waals surface area (Å²) in [5.41, 5.74) is 1.20.